The molecule has 41 heavy (non-hydrogen) atoms. The van der Waals surface area contributed by atoms with Gasteiger partial charge in [0.1, 0.15) is 29.6 Å². The van der Waals surface area contributed by atoms with Crippen molar-refractivity contribution < 1.29 is 23.8 Å². The highest BCUT2D eigenvalue weighted by Gasteiger charge is 2.25. The molecule has 2 aliphatic rings. The third-order valence-electron chi connectivity index (χ3n) is 7.86. The largest absolute Gasteiger partial charge is 0.478 e. The van der Waals surface area contributed by atoms with Gasteiger partial charge in [0.2, 0.25) is 5.88 Å². The number of aromatic nitrogens is 3. The summed E-state index contributed by atoms with van der Waals surface area (Å²) in [5.41, 5.74) is 2.77. The number of furan rings is 1. The number of carboxylic acids is 1. The number of rotatable bonds is 9. The van der Waals surface area contributed by atoms with Gasteiger partial charge in [-0.3, -0.25) is 4.90 Å². The fraction of sp³-hybridized carbons (Fsp3) is 0.323. The maximum absolute atomic E-state index is 11.6. The molecule has 10 heteroatoms. The van der Waals surface area contributed by atoms with Crippen LogP contribution in [0, 0.1) is 0 Å². The summed E-state index contributed by atoms with van der Waals surface area (Å²) in [5, 5.41) is 10.6. The van der Waals surface area contributed by atoms with Crippen LogP contribution in [0.15, 0.2) is 71.1 Å². The Morgan fingerprint density at radius 3 is 2.63 bits per heavy atom. The maximum Gasteiger partial charge on any atom is 0.335 e. The monoisotopic (exact) mass is 553 g/mol. The Balaban J connectivity index is 1.00. The number of benzene rings is 2. The Morgan fingerprint density at radius 1 is 1.00 bits per heavy atom. The minimum absolute atomic E-state index is 0.142. The molecule has 0 aliphatic carbocycles. The van der Waals surface area contributed by atoms with E-state index in [0.717, 1.165) is 78.6 Å². The number of anilines is 1. The van der Waals surface area contributed by atoms with E-state index in [9.17, 15) is 9.90 Å². The van der Waals surface area contributed by atoms with Gasteiger partial charge in [0.25, 0.3) is 0 Å². The molecule has 1 N–H and O–H groups in total. The summed E-state index contributed by atoms with van der Waals surface area (Å²) in [7, 11) is 0. The predicted molar refractivity (Wildman–Crippen MR) is 153 cm³/mol. The molecule has 5 aromatic rings. The third-order valence-corrected chi connectivity index (χ3v) is 7.86. The number of carbonyl (C=O) groups is 1. The lowest BCUT2D eigenvalue weighted by molar-refractivity contribution is -0.0592. The van der Waals surface area contributed by atoms with Crippen LogP contribution in [0.5, 0.6) is 5.88 Å². The van der Waals surface area contributed by atoms with Gasteiger partial charge in [-0.25, -0.2) is 9.78 Å². The van der Waals surface area contributed by atoms with Crippen LogP contribution in [-0.2, 0) is 24.4 Å². The van der Waals surface area contributed by atoms with Gasteiger partial charge >= 0.3 is 5.97 Å². The average Bonchev–Trinajstić information content (AvgIpc) is 3.54. The van der Waals surface area contributed by atoms with E-state index in [1.807, 2.05) is 48.5 Å². The summed E-state index contributed by atoms with van der Waals surface area (Å²) in [5.74, 6) is 2.22. The van der Waals surface area contributed by atoms with E-state index in [4.69, 9.17) is 23.9 Å². The number of ether oxygens (including phenoxy) is 2. The Kier molecular flexibility index (Phi) is 6.77. The number of aromatic carboxylic acids is 1. The molecule has 10 nitrogen and oxygen atoms in total. The van der Waals surface area contributed by atoms with Crippen LogP contribution in [0.25, 0.3) is 22.0 Å². The van der Waals surface area contributed by atoms with Crippen LogP contribution < -0.4 is 9.64 Å². The number of para-hydroxylation sites is 1. The first-order valence-corrected chi connectivity index (χ1v) is 14.0. The lowest BCUT2D eigenvalue weighted by Crippen LogP contribution is -2.46. The Labute approximate surface area is 236 Å². The van der Waals surface area contributed by atoms with Crippen molar-refractivity contribution in [1.29, 1.82) is 0 Å². The smallest absolute Gasteiger partial charge is 0.335 e. The van der Waals surface area contributed by atoms with Gasteiger partial charge in [-0.05, 0) is 42.8 Å². The molecule has 2 fully saturated rings. The zero-order valence-corrected chi connectivity index (χ0v) is 22.6. The van der Waals surface area contributed by atoms with Gasteiger partial charge in [-0.1, -0.05) is 24.3 Å². The molecule has 210 valence electrons. The van der Waals surface area contributed by atoms with Gasteiger partial charge in [0, 0.05) is 44.2 Å². The Morgan fingerprint density at radius 2 is 1.85 bits per heavy atom. The Hall–Kier alpha value is -4.41. The molecule has 0 unspecified atom stereocenters. The van der Waals surface area contributed by atoms with Crippen molar-refractivity contribution in [1.82, 2.24) is 19.4 Å². The lowest BCUT2D eigenvalue weighted by Gasteiger charge is -2.35. The third kappa shape index (κ3) is 5.36. The topological polar surface area (TPSA) is 106 Å². The first-order chi connectivity index (χ1) is 20.1. The Bertz CT molecular complexity index is 1670. The quantitative estimate of drug-likeness (QED) is 0.281. The van der Waals surface area contributed by atoms with Gasteiger partial charge in [0.05, 0.1) is 35.8 Å². The van der Waals surface area contributed by atoms with Crippen molar-refractivity contribution >= 4 is 33.8 Å². The standard InChI is InChI=1S/C31H31N5O5/c37-31(38)22-8-9-25-26(17-22)36(18-23-10-15-39-23)29(32-25)19-34-11-13-35(14-12-34)28-6-3-7-30(33-28)40-20-24-16-21-4-1-2-5-27(21)41-24/h1-9,16-17,23H,10-15,18-20H2,(H,37,38)/t23-/m0/s1. The van der Waals surface area contributed by atoms with Crippen LogP contribution in [0.3, 0.4) is 0 Å². The molecule has 1 atom stereocenters. The van der Waals surface area contributed by atoms with E-state index in [1.54, 1.807) is 18.2 Å². The summed E-state index contributed by atoms with van der Waals surface area (Å²) in [6.07, 6.45) is 1.15. The molecule has 3 aromatic heterocycles. The van der Waals surface area contributed by atoms with Crippen molar-refractivity contribution in [2.45, 2.75) is 32.2 Å². The molecule has 2 aliphatic heterocycles. The number of nitrogens with zero attached hydrogens (tertiary/aromatic N) is 5. The summed E-state index contributed by atoms with van der Waals surface area (Å²) >= 11 is 0. The fourth-order valence-electron chi connectivity index (χ4n) is 5.51. The predicted octanol–water partition coefficient (Wildman–Crippen LogP) is 4.57. The van der Waals surface area contributed by atoms with E-state index < -0.39 is 5.97 Å². The summed E-state index contributed by atoms with van der Waals surface area (Å²) in [6, 6.07) is 20.9. The number of imidazole rings is 1. The molecule has 5 heterocycles. The minimum Gasteiger partial charge on any atom is -0.478 e. The van der Waals surface area contributed by atoms with Crippen LogP contribution in [0.2, 0.25) is 0 Å². The van der Waals surface area contributed by atoms with Crippen LogP contribution in [-0.4, -0.2) is 69.4 Å². The molecule has 0 bridgehead atoms. The van der Waals surface area contributed by atoms with Crippen LogP contribution in [0.1, 0.15) is 28.4 Å². The fourth-order valence-corrected chi connectivity index (χ4v) is 5.51. The molecule has 0 spiro atoms. The number of hydrogen-bond donors (Lipinski definition) is 1. The molecule has 2 saturated heterocycles. The highest BCUT2D eigenvalue weighted by molar-refractivity contribution is 5.92. The molecule has 0 saturated carbocycles. The molecular formula is C31H31N5O5. The van der Waals surface area contributed by atoms with Gasteiger partial charge in [-0.15, -0.1) is 0 Å². The van der Waals surface area contributed by atoms with E-state index in [0.29, 0.717) is 25.6 Å². The van der Waals surface area contributed by atoms with Gasteiger partial charge in [0.15, 0.2) is 0 Å². The van der Waals surface area contributed by atoms with Crippen molar-refractivity contribution in [3.8, 4) is 5.88 Å². The number of carboxylic acid groups (broad SMARTS) is 1. The van der Waals surface area contributed by atoms with Crippen molar-refractivity contribution in [3.63, 3.8) is 0 Å². The molecule has 7 rings (SSSR count). The summed E-state index contributed by atoms with van der Waals surface area (Å²) < 4.78 is 19.7. The number of piperazine rings is 1. The molecular weight excluding hydrogens is 522 g/mol. The summed E-state index contributed by atoms with van der Waals surface area (Å²) in [6.45, 7) is 5.83. The van der Waals surface area contributed by atoms with E-state index in [1.165, 1.54) is 0 Å². The highest BCUT2D eigenvalue weighted by atomic mass is 16.5. The van der Waals surface area contributed by atoms with E-state index in [2.05, 4.69) is 14.4 Å². The zero-order chi connectivity index (χ0) is 27.8. The zero-order valence-electron chi connectivity index (χ0n) is 22.6. The SMILES string of the molecule is O=C(O)c1ccc2nc(CN3CCN(c4cccc(OCc5cc6ccccc6o5)n4)CC3)n(C[C@@H]3CCO3)c2c1. The van der Waals surface area contributed by atoms with Crippen molar-refractivity contribution in [3.05, 3.63) is 83.9 Å². The maximum atomic E-state index is 11.6. The van der Waals surface area contributed by atoms with Gasteiger partial charge in [-0.2, -0.15) is 4.98 Å². The van der Waals surface area contributed by atoms with Crippen molar-refractivity contribution in [2.75, 3.05) is 37.7 Å². The number of pyridine rings is 1. The highest BCUT2D eigenvalue weighted by Crippen LogP contribution is 2.25. The second kappa shape index (κ2) is 10.9. The van der Waals surface area contributed by atoms with Gasteiger partial charge < -0.3 is 28.5 Å². The molecule has 2 aromatic carbocycles. The van der Waals surface area contributed by atoms with E-state index in [-0.39, 0.29) is 11.7 Å². The first kappa shape index (κ1) is 25.6. The van der Waals surface area contributed by atoms with Crippen molar-refractivity contribution in [2.24, 2.45) is 0 Å². The van der Waals surface area contributed by atoms with E-state index >= 15 is 0 Å². The first-order valence-electron chi connectivity index (χ1n) is 14.0. The molecule has 0 radical (unpaired) electrons. The molecule has 0 amide bonds. The summed E-state index contributed by atoms with van der Waals surface area (Å²) in [4.78, 5) is 25.9. The normalized spacial score (nSPS) is 17.7. The number of hydrogen-bond acceptors (Lipinski definition) is 8. The second-order valence-electron chi connectivity index (χ2n) is 10.6. The van der Waals surface area contributed by atoms with Crippen LogP contribution in [0.4, 0.5) is 5.82 Å². The minimum atomic E-state index is -0.935. The van der Waals surface area contributed by atoms with Crippen LogP contribution >= 0.6 is 0 Å². The lowest BCUT2D eigenvalue weighted by atomic mass is 10.1. The number of fused-ring (bicyclic) bond motifs is 2. The second-order valence-corrected chi connectivity index (χ2v) is 10.6. The average molecular weight is 554 g/mol.